The van der Waals surface area contributed by atoms with E-state index in [1.54, 1.807) is 12.1 Å². The molecule has 0 heterocycles. The van der Waals surface area contributed by atoms with E-state index in [2.05, 4.69) is 0 Å². The third-order valence-corrected chi connectivity index (χ3v) is 2.21. The fourth-order valence-electron chi connectivity index (χ4n) is 1.22. The van der Waals surface area contributed by atoms with Gasteiger partial charge in [-0.05, 0) is 24.1 Å². The van der Waals surface area contributed by atoms with Gasteiger partial charge in [0.25, 0.3) is 0 Å². The lowest BCUT2D eigenvalue weighted by atomic mass is 10.0. The largest absolute Gasteiger partial charge is 0.508 e. The number of hydrogen-bond donors (Lipinski definition) is 3. The van der Waals surface area contributed by atoms with Crippen LogP contribution in [0.1, 0.15) is 12.0 Å². The zero-order valence-electron chi connectivity index (χ0n) is 8.59. The van der Waals surface area contributed by atoms with E-state index in [1.165, 1.54) is 12.1 Å². The van der Waals surface area contributed by atoms with Crippen molar-refractivity contribution in [2.75, 3.05) is 0 Å². The summed E-state index contributed by atoms with van der Waals surface area (Å²) >= 11 is 0. The number of hydrogen-bond acceptors (Lipinski definition) is 4. The Kier molecular flexibility index (Phi) is 4.02. The molecular formula is C11H13NO4. The van der Waals surface area contributed by atoms with Crippen LogP contribution in [0.25, 0.3) is 0 Å². The minimum atomic E-state index is -1.45. The Labute approximate surface area is 92.5 Å². The number of aryl methyl sites for hydroxylation is 1. The van der Waals surface area contributed by atoms with Crippen LogP contribution in [-0.4, -0.2) is 28.0 Å². The minimum Gasteiger partial charge on any atom is -0.508 e. The number of carboxylic acid groups (broad SMARTS) is 1. The summed E-state index contributed by atoms with van der Waals surface area (Å²) in [5.74, 6) is -1.66. The lowest BCUT2D eigenvalue weighted by Crippen LogP contribution is -2.38. The number of aromatic hydroxyl groups is 1. The Hall–Kier alpha value is -1.88. The van der Waals surface area contributed by atoms with Crippen LogP contribution in [0.5, 0.6) is 5.75 Å². The molecule has 1 aromatic rings. The predicted molar refractivity (Wildman–Crippen MR) is 57.0 cm³/mol. The van der Waals surface area contributed by atoms with Gasteiger partial charge < -0.3 is 15.9 Å². The fraction of sp³-hybridized carbons (Fsp3) is 0.273. The summed E-state index contributed by atoms with van der Waals surface area (Å²) in [4.78, 5) is 21.7. The topological polar surface area (TPSA) is 101 Å². The van der Waals surface area contributed by atoms with Crippen LogP contribution in [-0.2, 0) is 16.0 Å². The molecular weight excluding hydrogens is 210 g/mol. The second kappa shape index (κ2) is 5.27. The molecule has 0 bridgehead atoms. The molecule has 1 aromatic carbocycles. The normalized spacial score (nSPS) is 12.1. The average molecular weight is 223 g/mol. The van der Waals surface area contributed by atoms with Crippen LogP contribution in [0.3, 0.4) is 0 Å². The van der Waals surface area contributed by atoms with E-state index in [4.69, 9.17) is 15.9 Å². The lowest BCUT2D eigenvalue weighted by Gasteiger charge is -2.05. The molecule has 1 atom stereocenters. The van der Waals surface area contributed by atoms with Crippen molar-refractivity contribution in [3.05, 3.63) is 29.8 Å². The van der Waals surface area contributed by atoms with Crippen LogP contribution in [0.15, 0.2) is 24.3 Å². The van der Waals surface area contributed by atoms with Crippen LogP contribution in [0.2, 0.25) is 0 Å². The van der Waals surface area contributed by atoms with Crippen molar-refractivity contribution in [3.63, 3.8) is 0 Å². The molecule has 5 heteroatoms. The summed E-state index contributed by atoms with van der Waals surface area (Å²) in [5, 5.41) is 17.5. The molecule has 0 aromatic heterocycles. The van der Waals surface area contributed by atoms with E-state index < -0.39 is 17.8 Å². The Morgan fingerprint density at radius 1 is 1.25 bits per heavy atom. The van der Waals surface area contributed by atoms with E-state index in [-0.39, 0.29) is 12.2 Å². The smallest absolute Gasteiger partial charge is 0.328 e. The van der Waals surface area contributed by atoms with Gasteiger partial charge in [0.1, 0.15) is 5.75 Å². The van der Waals surface area contributed by atoms with Gasteiger partial charge in [0.15, 0.2) is 11.8 Å². The highest BCUT2D eigenvalue weighted by Gasteiger charge is 2.20. The Balaban J connectivity index is 2.49. The van der Waals surface area contributed by atoms with Crippen LogP contribution < -0.4 is 5.73 Å². The first-order valence-electron chi connectivity index (χ1n) is 4.79. The summed E-state index contributed by atoms with van der Waals surface area (Å²) in [5.41, 5.74) is 6.01. The number of carbonyl (C=O) groups excluding carboxylic acids is 1. The molecule has 0 fully saturated rings. The molecule has 0 saturated heterocycles. The Morgan fingerprint density at radius 2 is 1.81 bits per heavy atom. The minimum absolute atomic E-state index is 0.0816. The number of phenolic OH excluding ortho intramolecular Hbond substituents is 1. The van der Waals surface area contributed by atoms with E-state index in [0.29, 0.717) is 6.42 Å². The number of phenols is 1. The average Bonchev–Trinajstić information content (AvgIpc) is 2.26. The number of Topliss-reactive ketones (excluding diaryl/α,β-unsaturated/α-hetero) is 1. The van der Waals surface area contributed by atoms with Crippen molar-refractivity contribution < 1.29 is 19.8 Å². The van der Waals surface area contributed by atoms with E-state index >= 15 is 0 Å². The van der Waals surface area contributed by atoms with Gasteiger partial charge in [0.2, 0.25) is 0 Å². The summed E-state index contributed by atoms with van der Waals surface area (Å²) in [6.07, 6.45) is 0.498. The van der Waals surface area contributed by atoms with Gasteiger partial charge in [0.05, 0.1) is 0 Å². The van der Waals surface area contributed by atoms with Crippen molar-refractivity contribution in [2.45, 2.75) is 18.9 Å². The maximum atomic E-state index is 11.3. The van der Waals surface area contributed by atoms with Crippen molar-refractivity contribution in [1.29, 1.82) is 0 Å². The van der Waals surface area contributed by atoms with Crippen molar-refractivity contribution >= 4 is 11.8 Å². The van der Waals surface area contributed by atoms with Gasteiger partial charge in [0, 0.05) is 6.42 Å². The molecule has 1 unspecified atom stereocenters. The van der Waals surface area contributed by atoms with Crippen LogP contribution >= 0.6 is 0 Å². The molecule has 0 saturated carbocycles. The predicted octanol–water partition coefficient (Wildman–Crippen LogP) is 0.306. The van der Waals surface area contributed by atoms with E-state index in [1.807, 2.05) is 0 Å². The fourth-order valence-corrected chi connectivity index (χ4v) is 1.22. The maximum absolute atomic E-state index is 11.3. The number of aliphatic carboxylic acids is 1. The zero-order valence-corrected chi connectivity index (χ0v) is 8.59. The highest BCUT2D eigenvalue weighted by atomic mass is 16.4. The molecule has 0 aliphatic rings. The van der Waals surface area contributed by atoms with Gasteiger partial charge in [-0.15, -0.1) is 0 Å². The molecule has 86 valence electrons. The maximum Gasteiger partial charge on any atom is 0.328 e. The summed E-state index contributed by atoms with van der Waals surface area (Å²) in [6.45, 7) is 0. The third kappa shape index (κ3) is 3.36. The second-order valence-electron chi connectivity index (χ2n) is 3.45. The summed E-state index contributed by atoms with van der Waals surface area (Å²) in [6, 6.07) is 4.93. The van der Waals surface area contributed by atoms with E-state index in [0.717, 1.165) is 5.56 Å². The van der Waals surface area contributed by atoms with E-state index in [9.17, 15) is 9.59 Å². The highest BCUT2D eigenvalue weighted by Crippen LogP contribution is 2.11. The Morgan fingerprint density at radius 3 is 2.31 bits per heavy atom. The molecule has 0 spiro atoms. The number of carboxylic acids is 1. The highest BCUT2D eigenvalue weighted by molar-refractivity contribution is 6.02. The number of ketones is 1. The van der Waals surface area contributed by atoms with Gasteiger partial charge in [-0.3, -0.25) is 9.59 Å². The van der Waals surface area contributed by atoms with Crippen molar-refractivity contribution in [2.24, 2.45) is 5.73 Å². The lowest BCUT2D eigenvalue weighted by molar-refractivity contribution is -0.142. The summed E-state index contributed by atoms with van der Waals surface area (Å²) < 4.78 is 0. The third-order valence-electron chi connectivity index (χ3n) is 2.21. The molecule has 4 N–H and O–H groups in total. The number of benzene rings is 1. The molecule has 5 nitrogen and oxygen atoms in total. The Bertz CT molecular complexity index is 385. The number of nitrogens with two attached hydrogens (primary N) is 1. The van der Waals surface area contributed by atoms with Gasteiger partial charge in [-0.1, -0.05) is 12.1 Å². The first kappa shape index (κ1) is 12.2. The van der Waals surface area contributed by atoms with Crippen LogP contribution in [0.4, 0.5) is 0 Å². The first-order valence-corrected chi connectivity index (χ1v) is 4.79. The molecule has 0 aliphatic carbocycles. The van der Waals surface area contributed by atoms with Gasteiger partial charge >= 0.3 is 5.97 Å². The SMILES string of the molecule is NC(C(=O)O)C(=O)CCc1ccc(O)cc1. The van der Waals surface area contributed by atoms with Crippen molar-refractivity contribution in [1.82, 2.24) is 0 Å². The number of rotatable bonds is 5. The molecule has 0 radical (unpaired) electrons. The molecule has 0 amide bonds. The summed E-state index contributed by atoms with van der Waals surface area (Å²) in [7, 11) is 0. The first-order chi connectivity index (χ1) is 7.50. The molecule has 1 rings (SSSR count). The van der Waals surface area contributed by atoms with Crippen LogP contribution in [0, 0.1) is 0 Å². The second-order valence-corrected chi connectivity index (χ2v) is 3.45. The monoisotopic (exact) mass is 223 g/mol. The van der Waals surface area contributed by atoms with Gasteiger partial charge in [-0.25, -0.2) is 0 Å². The van der Waals surface area contributed by atoms with Gasteiger partial charge in [-0.2, -0.15) is 0 Å². The standard InChI is InChI=1S/C11H13NO4/c12-10(11(15)16)9(14)6-3-7-1-4-8(13)5-2-7/h1-2,4-5,10,13H,3,6,12H2,(H,15,16). The quantitative estimate of drug-likeness (QED) is 0.623. The zero-order chi connectivity index (χ0) is 12.1. The van der Waals surface area contributed by atoms with Crippen molar-refractivity contribution in [3.8, 4) is 5.75 Å². The molecule has 0 aliphatic heterocycles. The molecule has 16 heavy (non-hydrogen) atoms. The number of carbonyl (C=O) groups is 2.